The summed E-state index contributed by atoms with van der Waals surface area (Å²) in [4.78, 5) is 4.76. The summed E-state index contributed by atoms with van der Waals surface area (Å²) in [6.45, 7) is 8.07. The van der Waals surface area contributed by atoms with E-state index in [1.165, 1.54) is 11.1 Å². The van der Waals surface area contributed by atoms with E-state index in [9.17, 15) is 5.11 Å². The lowest BCUT2D eigenvalue weighted by Crippen LogP contribution is -2.45. The maximum Gasteiger partial charge on any atom is 0.191 e. The minimum Gasteiger partial charge on any atom is -0.393 e. The van der Waals surface area contributed by atoms with Crippen molar-refractivity contribution >= 4 is 5.96 Å². The molecule has 0 saturated heterocycles. The number of hydrogen-bond acceptors (Lipinski definition) is 2. The van der Waals surface area contributed by atoms with Gasteiger partial charge in [0.25, 0.3) is 0 Å². The fraction of sp³-hybridized carbons (Fsp3) is 0.632. The first kappa shape index (κ1) is 17.8. The molecule has 0 heterocycles. The van der Waals surface area contributed by atoms with E-state index in [4.69, 9.17) is 4.99 Å². The van der Waals surface area contributed by atoms with Gasteiger partial charge in [0.05, 0.1) is 6.10 Å². The lowest BCUT2D eigenvalue weighted by Gasteiger charge is -2.27. The summed E-state index contributed by atoms with van der Waals surface area (Å²) in [5.74, 6) is 1.30. The molecule has 1 aromatic rings. The molecule has 1 aromatic carbocycles. The lowest BCUT2D eigenvalue weighted by atomic mass is 9.93. The van der Waals surface area contributed by atoms with Crippen LogP contribution in [-0.4, -0.2) is 36.3 Å². The first-order chi connectivity index (χ1) is 11.1. The molecular formula is C19H31N3O. The lowest BCUT2D eigenvalue weighted by molar-refractivity contribution is 0.120. The SMILES string of the molecule is CCNC(=NCC(C)c1cccc(C)c1)NC1CCC(O)CC1. The zero-order chi connectivity index (χ0) is 16.7. The second-order valence-electron chi connectivity index (χ2n) is 6.68. The van der Waals surface area contributed by atoms with E-state index < -0.39 is 0 Å². The van der Waals surface area contributed by atoms with Crippen LogP contribution in [0.5, 0.6) is 0 Å². The van der Waals surface area contributed by atoms with Gasteiger partial charge in [-0.05, 0) is 45.1 Å². The summed E-state index contributed by atoms with van der Waals surface area (Å²) < 4.78 is 0. The van der Waals surface area contributed by atoms with Crippen LogP contribution in [0, 0.1) is 6.92 Å². The second kappa shape index (κ2) is 8.92. The van der Waals surface area contributed by atoms with Gasteiger partial charge in [-0.2, -0.15) is 0 Å². The van der Waals surface area contributed by atoms with E-state index >= 15 is 0 Å². The number of hydrogen-bond donors (Lipinski definition) is 3. The molecule has 3 N–H and O–H groups in total. The van der Waals surface area contributed by atoms with Crippen molar-refractivity contribution in [1.29, 1.82) is 0 Å². The molecule has 23 heavy (non-hydrogen) atoms. The molecule has 0 aliphatic heterocycles. The topological polar surface area (TPSA) is 56.7 Å². The molecule has 1 aliphatic rings. The Morgan fingerprint density at radius 1 is 1.30 bits per heavy atom. The third kappa shape index (κ3) is 5.87. The molecule has 1 aliphatic carbocycles. The highest BCUT2D eigenvalue weighted by molar-refractivity contribution is 5.80. The molecule has 128 valence electrons. The van der Waals surface area contributed by atoms with Gasteiger partial charge in [-0.3, -0.25) is 4.99 Å². The Kier molecular flexibility index (Phi) is 6.90. The summed E-state index contributed by atoms with van der Waals surface area (Å²) >= 11 is 0. The highest BCUT2D eigenvalue weighted by Gasteiger charge is 2.20. The van der Waals surface area contributed by atoms with E-state index in [1.54, 1.807) is 0 Å². The molecular weight excluding hydrogens is 286 g/mol. The largest absolute Gasteiger partial charge is 0.393 e. The van der Waals surface area contributed by atoms with E-state index in [2.05, 4.69) is 55.7 Å². The predicted octanol–water partition coefficient (Wildman–Crippen LogP) is 2.96. The van der Waals surface area contributed by atoms with Crippen molar-refractivity contribution in [2.75, 3.05) is 13.1 Å². The monoisotopic (exact) mass is 317 g/mol. The second-order valence-corrected chi connectivity index (χ2v) is 6.68. The molecule has 0 aromatic heterocycles. The van der Waals surface area contributed by atoms with Crippen molar-refractivity contribution in [3.63, 3.8) is 0 Å². The van der Waals surface area contributed by atoms with Gasteiger partial charge < -0.3 is 15.7 Å². The zero-order valence-electron chi connectivity index (χ0n) is 14.7. The Bertz CT molecular complexity index is 507. The molecule has 0 spiro atoms. The summed E-state index contributed by atoms with van der Waals surface area (Å²) in [7, 11) is 0. The predicted molar refractivity (Wildman–Crippen MR) is 97.0 cm³/mol. The number of nitrogens with zero attached hydrogens (tertiary/aromatic N) is 1. The van der Waals surface area contributed by atoms with E-state index in [-0.39, 0.29) is 6.10 Å². The number of aliphatic hydroxyl groups is 1. The van der Waals surface area contributed by atoms with Crippen molar-refractivity contribution < 1.29 is 5.11 Å². The molecule has 0 amide bonds. The van der Waals surface area contributed by atoms with Gasteiger partial charge in [-0.25, -0.2) is 0 Å². The van der Waals surface area contributed by atoms with Crippen LogP contribution in [0.25, 0.3) is 0 Å². The number of aliphatic imine (C=N–C) groups is 1. The number of rotatable bonds is 5. The molecule has 4 nitrogen and oxygen atoms in total. The number of nitrogens with one attached hydrogen (secondary N) is 2. The molecule has 1 atom stereocenters. The van der Waals surface area contributed by atoms with Crippen molar-refractivity contribution in [3.8, 4) is 0 Å². The minimum absolute atomic E-state index is 0.117. The van der Waals surface area contributed by atoms with Gasteiger partial charge in [0, 0.05) is 25.0 Å². The quantitative estimate of drug-likeness (QED) is 0.578. The summed E-state index contributed by atoms with van der Waals surface area (Å²) in [6.07, 6.45) is 3.68. The standard InChI is InChI=1S/C19H31N3O/c1-4-20-19(22-17-8-10-18(23)11-9-17)21-13-15(3)16-7-5-6-14(2)12-16/h5-7,12,15,17-18,23H,4,8-11,13H2,1-3H3,(H2,20,21,22). The molecule has 1 saturated carbocycles. The highest BCUT2D eigenvalue weighted by atomic mass is 16.3. The number of aliphatic hydroxyl groups excluding tert-OH is 1. The van der Waals surface area contributed by atoms with Crippen molar-refractivity contribution in [2.24, 2.45) is 4.99 Å². The maximum atomic E-state index is 9.62. The van der Waals surface area contributed by atoms with Crippen LogP contribution in [0.3, 0.4) is 0 Å². The fourth-order valence-electron chi connectivity index (χ4n) is 3.04. The average molecular weight is 317 g/mol. The number of guanidine groups is 1. The Morgan fingerprint density at radius 2 is 2.04 bits per heavy atom. The molecule has 2 rings (SSSR count). The Labute approximate surface area is 140 Å². The van der Waals surface area contributed by atoms with Gasteiger partial charge in [0.2, 0.25) is 0 Å². The van der Waals surface area contributed by atoms with Crippen LogP contribution < -0.4 is 10.6 Å². The third-order valence-electron chi connectivity index (χ3n) is 4.52. The Morgan fingerprint density at radius 3 is 2.70 bits per heavy atom. The Hall–Kier alpha value is -1.55. The van der Waals surface area contributed by atoms with E-state index in [1.807, 2.05) is 0 Å². The zero-order valence-corrected chi connectivity index (χ0v) is 14.7. The van der Waals surface area contributed by atoms with Gasteiger partial charge >= 0.3 is 0 Å². The van der Waals surface area contributed by atoms with Gasteiger partial charge in [0.1, 0.15) is 0 Å². The number of aryl methyl sites for hydroxylation is 1. The summed E-state index contributed by atoms with van der Waals surface area (Å²) in [6, 6.07) is 9.08. The summed E-state index contributed by atoms with van der Waals surface area (Å²) in [5.41, 5.74) is 2.63. The van der Waals surface area contributed by atoms with Gasteiger partial charge in [0.15, 0.2) is 5.96 Å². The van der Waals surface area contributed by atoms with E-state index in [0.717, 1.165) is 44.7 Å². The maximum absolute atomic E-state index is 9.62. The molecule has 1 fully saturated rings. The van der Waals surface area contributed by atoms with E-state index in [0.29, 0.717) is 12.0 Å². The van der Waals surface area contributed by atoms with Crippen LogP contribution in [-0.2, 0) is 0 Å². The molecule has 4 heteroatoms. The van der Waals surface area contributed by atoms with Crippen molar-refractivity contribution in [1.82, 2.24) is 10.6 Å². The minimum atomic E-state index is -0.117. The van der Waals surface area contributed by atoms with Gasteiger partial charge in [-0.15, -0.1) is 0 Å². The number of benzene rings is 1. The van der Waals surface area contributed by atoms with Crippen LogP contribution in [0.15, 0.2) is 29.3 Å². The normalized spacial score (nSPS) is 23.4. The smallest absolute Gasteiger partial charge is 0.191 e. The first-order valence-electron chi connectivity index (χ1n) is 8.88. The fourth-order valence-corrected chi connectivity index (χ4v) is 3.04. The van der Waals surface area contributed by atoms with Crippen molar-refractivity contribution in [2.45, 2.75) is 64.5 Å². The Balaban J connectivity index is 1.92. The van der Waals surface area contributed by atoms with Crippen LogP contribution in [0.1, 0.15) is 56.6 Å². The van der Waals surface area contributed by atoms with Crippen LogP contribution in [0.4, 0.5) is 0 Å². The van der Waals surface area contributed by atoms with Crippen LogP contribution in [0.2, 0.25) is 0 Å². The first-order valence-corrected chi connectivity index (χ1v) is 8.88. The average Bonchev–Trinajstić information content (AvgIpc) is 2.54. The van der Waals surface area contributed by atoms with Crippen LogP contribution >= 0.6 is 0 Å². The van der Waals surface area contributed by atoms with Gasteiger partial charge in [-0.1, -0.05) is 36.8 Å². The molecule has 0 radical (unpaired) electrons. The molecule has 0 bridgehead atoms. The molecule has 1 unspecified atom stereocenters. The van der Waals surface area contributed by atoms with Crippen molar-refractivity contribution in [3.05, 3.63) is 35.4 Å². The summed E-state index contributed by atoms with van der Waals surface area (Å²) in [5, 5.41) is 16.5. The highest BCUT2D eigenvalue weighted by Crippen LogP contribution is 2.19. The third-order valence-corrected chi connectivity index (χ3v) is 4.52.